The van der Waals surface area contributed by atoms with Crippen LogP contribution in [-0.4, -0.2) is 48.3 Å². The molecule has 0 aliphatic carbocycles. The number of nitrogens with one attached hydrogen (secondary N) is 3. The normalized spacial score (nSPS) is 20.8. The largest absolute Gasteiger partial charge is 0.441 e. The summed E-state index contributed by atoms with van der Waals surface area (Å²) in [4.78, 5) is 48.7. The number of nitrogens with zero attached hydrogens (tertiary/aromatic N) is 1. The van der Waals surface area contributed by atoms with Gasteiger partial charge in [0.05, 0.1) is 6.04 Å². The molecule has 2 saturated heterocycles. The van der Waals surface area contributed by atoms with Crippen molar-refractivity contribution in [3.05, 3.63) is 135 Å². The van der Waals surface area contributed by atoms with Crippen molar-refractivity contribution < 1.29 is 28.7 Å². The lowest BCUT2D eigenvalue weighted by atomic mass is 9.91. The highest BCUT2D eigenvalue weighted by Crippen LogP contribution is 2.44. The van der Waals surface area contributed by atoms with Gasteiger partial charge in [-0.25, -0.2) is 9.59 Å². The topological polar surface area (TPSA) is 126 Å². The minimum absolute atomic E-state index is 0.0451. The maximum absolute atomic E-state index is 12.6. The van der Waals surface area contributed by atoms with Crippen LogP contribution in [0.4, 0.5) is 15.3 Å². The van der Waals surface area contributed by atoms with Gasteiger partial charge in [-0.3, -0.25) is 14.5 Å². The minimum atomic E-state index is -0.647. The molecule has 0 unspecified atom stereocenters. The molecule has 4 amide bonds. The van der Waals surface area contributed by atoms with E-state index in [9.17, 15) is 19.2 Å². The van der Waals surface area contributed by atoms with Gasteiger partial charge in [-0.15, -0.1) is 0 Å². The van der Waals surface area contributed by atoms with Gasteiger partial charge in [0.15, 0.2) is 0 Å². The zero-order chi connectivity index (χ0) is 36.3. The molecule has 11 heteroatoms. The first-order valence-electron chi connectivity index (χ1n) is 16.9. The molecule has 2 fully saturated rings. The van der Waals surface area contributed by atoms with Crippen LogP contribution in [0.25, 0.3) is 0 Å². The predicted octanol–water partition coefficient (Wildman–Crippen LogP) is 7.43. The van der Waals surface area contributed by atoms with Gasteiger partial charge < -0.3 is 25.4 Å². The van der Waals surface area contributed by atoms with E-state index in [1.54, 1.807) is 11.0 Å². The van der Waals surface area contributed by atoms with Gasteiger partial charge in [0.2, 0.25) is 0 Å². The van der Waals surface area contributed by atoms with Crippen molar-refractivity contribution in [3.63, 3.8) is 0 Å². The Morgan fingerprint density at radius 2 is 1.22 bits per heavy atom. The number of halogens is 1. The van der Waals surface area contributed by atoms with E-state index in [2.05, 4.69) is 31.9 Å². The summed E-state index contributed by atoms with van der Waals surface area (Å²) in [5.74, 6) is -0.0134. The Morgan fingerprint density at radius 3 is 1.78 bits per heavy atom. The van der Waals surface area contributed by atoms with Crippen molar-refractivity contribution in [3.8, 4) is 0 Å². The summed E-state index contributed by atoms with van der Waals surface area (Å²) in [5.41, 5.74) is 5.32. The van der Waals surface area contributed by atoms with E-state index in [0.717, 1.165) is 57.4 Å². The molecule has 4 heterocycles. The number of cyclic esters (lactones) is 2. The smallest absolute Gasteiger partial charge is 0.415 e. The van der Waals surface area contributed by atoms with E-state index in [-0.39, 0.29) is 36.1 Å². The quantitative estimate of drug-likeness (QED) is 0.200. The van der Waals surface area contributed by atoms with Gasteiger partial charge in [-0.1, -0.05) is 76.6 Å². The summed E-state index contributed by atoms with van der Waals surface area (Å²) in [7, 11) is 0. The molecule has 4 aromatic rings. The molecule has 264 valence electrons. The van der Waals surface area contributed by atoms with Crippen LogP contribution in [0.3, 0.4) is 0 Å². The van der Waals surface area contributed by atoms with Gasteiger partial charge in [0.25, 0.3) is 11.8 Å². The van der Waals surface area contributed by atoms with E-state index in [1.807, 2.05) is 119 Å². The number of anilines is 1. The Hall–Kier alpha value is -5.16. The molecular formula is C40H41BrN4O6. The first kappa shape index (κ1) is 35.7. The molecule has 0 spiro atoms. The average molecular weight is 754 g/mol. The van der Waals surface area contributed by atoms with Crippen LogP contribution in [0.1, 0.15) is 82.7 Å². The SMILES string of the molecule is CC1(C)OC(=O)N(c2ccc3c(c2)CCNC3=O)[C@H]1c1ccccc1.CC1(C)OC(=O)N[C@H]1c1ccccc1.O=C1NCCc2cc(Br)ccc21. The maximum atomic E-state index is 12.6. The lowest BCUT2D eigenvalue weighted by molar-refractivity contribution is 0.0675. The molecule has 2 atom stereocenters. The third-order valence-electron chi connectivity index (χ3n) is 9.31. The first-order chi connectivity index (χ1) is 24.3. The van der Waals surface area contributed by atoms with Crippen LogP contribution < -0.4 is 20.9 Å². The highest BCUT2D eigenvalue weighted by atomic mass is 79.9. The standard InChI is InChI=1S/C20H20N2O3.C11H13NO2.C9H8BrNO/c1-20(2)17(13-6-4-3-5-7-13)22(19(24)25-20)15-8-9-16-14(12-15)10-11-21-18(16)23;1-11(2)9(12-10(13)14-11)8-6-4-3-5-7-8;10-7-1-2-8-6(5-7)3-4-11-9(8)12/h3-9,12,17H,10-11H2,1-2H3,(H,21,23);3-7,9H,1-2H3,(H,12,13);1-2,5H,3-4H2,(H,11,12)/t17-;9-;/m00./s1. The molecule has 0 saturated carbocycles. The van der Waals surface area contributed by atoms with E-state index in [4.69, 9.17) is 9.47 Å². The number of ether oxygens (including phenoxy) is 2. The molecule has 4 aliphatic heterocycles. The summed E-state index contributed by atoms with van der Waals surface area (Å²) in [6, 6.07) is 30.8. The van der Waals surface area contributed by atoms with Gasteiger partial charge >= 0.3 is 12.2 Å². The molecule has 3 N–H and O–H groups in total. The molecule has 0 aromatic heterocycles. The second-order valence-electron chi connectivity index (χ2n) is 13.8. The Balaban J connectivity index is 0.000000145. The van der Waals surface area contributed by atoms with Gasteiger partial charge in [0, 0.05) is 34.4 Å². The lowest BCUT2D eigenvalue weighted by Gasteiger charge is -2.30. The van der Waals surface area contributed by atoms with E-state index < -0.39 is 11.2 Å². The molecule has 8 rings (SSSR count). The van der Waals surface area contributed by atoms with Crippen LogP contribution in [0.5, 0.6) is 0 Å². The number of benzene rings is 4. The molecular weight excluding hydrogens is 712 g/mol. The number of amides is 4. The van der Waals surface area contributed by atoms with Crippen molar-refractivity contribution >= 4 is 45.6 Å². The lowest BCUT2D eigenvalue weighted by Crippen LogP contribution is -2.35. The van der Waals surface area contributed by atoms with E-state index in [1.165, 1.54) is 0 Å². The van der Waals surface area contributed by atoms with Crippen molar-refractivity contribution in [1.29, 1.82) is 0 Å². The Bertz CT molecular complexity index is 1950. The second-order valence-corrected chi connectivity index (χ2v) is 14.7. The van der Waals surface area contributed by atoms with Crippen LogP contribution >= 0.6 is 15.9 Å². The fourth-order valence-corrected chi connectivity index (χ4v) is 7.31. The number of rotatable bonds is 3. The zero-order valence-electron chi connectivity index (χ0n) is 29.0. The molecule has 4 aromatic carbocycles. The summed E-state index contributed by atoms with van der Waals surface area (Å²) in [6.45, 7) is 9.03. The number of fused-ring (bicyclic) bond motifs is 2. The summed E-state index contributed by atoms with van der Waals surface area (Å²) >= 11 is 3.38. The molecule has 0 radical (unpaired) electrons. The molecule has 10 nitrogen and oxygen atoms in total. The van der Waals surface area contributed by atoms with Crippen LogP contribution in [-0.2, 0) is 22.3 Å². The number of carbonyl (C=O) groups is 4. The third kappa shape index (κ3) is 7.78. The fraction of sp³-hybridized carbons (Fsp3) is 0.300. The Kier molecular flexibility index (Phi) is 10.2. The van der Waals surface area contributed by atoms with Crippen molar-refractivity contribution in [2.24, 2.45) is 0 Å². The van der Waals surface area contributed by atoms with Crippen molar-refractivity contribution in [1.82, 2.24) is 16.0 Å². The monoisotopic (exact) mass is 752 g/mol. The van der Waals surface area contributed by atoms with Gasteiger partial charge in [-0.05, 0) is 99.2 Å². The predicted molar refractivity (Wildman–Crippen MR) is 198 cm³/mol. The fourth-order valence-electron chi connectivity index (χ4n) is 6.90. The number of alkyl carbamates (subject to hydrolysis) is 1. The van der Waals surface area contributed by atoms with E-state index >= 15 is 0 Å². The van der Waals surface area contributed by atoms with E-state index in [0.29, 0.717) is 12.1 Å². The summed E-state index contributed by atoms with van der Waals surface area (Å²) < 4.78 is 11.9. The highest BCUT2D eigenvalue weighted by molar-refractivity contribution is 9.10. The summed E-state index contributed by atoms with van der Waals surface area (Å²) in [5, 5.41) is 8.44. The Morgan fingerprint density at radius 1 is 0.667 bits per heavy atom. The van der Waals surface area contributed by atoms with Gasteiger partial charge in [-0.2, -0.15) is 0 Å². The average Bonchev–Trinajstić information content (AvgIpc) is 3.53. The minimum Gasteiger partial charge on any atom is -0.441 e. The van der Waals surface area contributed by atoms with Crippen molar-refractivity contribution in [2.75, 3.05) is 18.0 Å². The van der Waals surface area contributed by atoms with Gasteiger partial charge in [0.1, 0.15) is 17.2 Å². The third-order valence-corrected chi connectivity index (χ3v) is 9.80. The van der Waals surface area contributed by atoms with Crippen LogP contribution in [0.2, 0.25) is 0 Å². The number of carbonyl (C=O) groups excluding carboxylic acids is 4. The van der Waals surface area contributed by atoms with Crippen LogP contribution in [0, 0.1) is 0 Å². The molecule has 4 aliphatic rings. The maximum Gasteiger partial charge on any atom is 0.415 e. The highest BCUT2D eigenvalue weighted by Gasteiger charge is 2.49. The number of hydrogen-bond donors (Lipinski definition) is 3. The molecule has 51 heavy (non-hydrogen) atoms. The zero-order valence-corrected chi connectivity index (χ0v) is 30.6. The second kappa shape index (κ2) is 14.6. The Labute approximate surface area is 306 Å². The van der Waals surface area contributed by atoms with Crippen molar-refractivity contribution in [2.45, 2.75) is 63.8 Å². The molecule has 0 bridgehead atoms. The number of hydrogen-bond acceptors (Lipinski definition) is 6. The summed E-state index contributed by atoms with van der Waals surface area (Å²) in [6.07, 6.45) is 0.987. The first-order valence-corrected chi connectivity index (χ1v) is 17.7. The van der Waals surface area contributed by atoms with Crippen LogP contribution in [0.15, 0.2) is 102 Å².